The highest BCUT2D eigenvalue weighted by atomic mass is 16.3. The van der Waals surface area contributed by atoms with E-state index in [1.165, 1.54) is 0 Å². The van der Waals surface area contributed by atoms with Crippen LogP contribution in [-0.4, -0.2) is 4.57 Å². The highest BCUT2D eigenvalue weighted by molar-refractivity contribution is 6.22. The number of furan rings is 2. The van der Waals surface area contributed by atoms with Gasteiger partial charge in [0.2, 0.25) is 0 Å². The zero-order chi connectivity index (χ0) is 28.7. The third-order valence-electron chi connectivity index (χ3n) is 8.44. The molecule has 3 heterocycles. The predicted octanol–water partition coefficient (Wildman–Crippen LogP) is 10.7. The summed E-state index contributed by atoms with van der Waals surface area (Å²) < 4.78 is 14.9. The Kier molecular flexibility index (Phi) is 4.68. The molecule has 43 heavy (non-hydrogen) atoms. The molecule has 0 N–H and O–H groups in total. The lowest BCUT2D eigenvalue weighted by Crippen LogP contribution is -1.98. The third kappa shape index (κ3) is 3.25. The molecule has 6 aromatic carbocycles. The molecule has 0 aliphatic carbocycles. The number of hydrogen-bond acceptors (Lipinski definition) is 3. The lowest BCUT2D eigenvalue weighted by atomic mass is 9.99. The standard InChI is InChI=1S/C38H19N3O2/c1-40-24-12-16-34-29(20-24)28-14-17-36-37(38(28)43-34)30-19-23(11-15-35(30)42-36)25-13-10-22(21-39)18-33(25)41-31-8-4-2-6-26(31)27-7-3-5-9-32(27)41/h2-20H. The SMILES string of the molecule is [C-]#[N+]c1ccc2oc3c(ccc4oc5ccc(-c6ccc(C#N)cc6-n6c7ccccc7c7ccccc76)cc5c43)c2c1. The molecule has 9 aromatic rings. The second kappa shape index (κ2) is 8.60. The van der Waals surface area contributed by atoms with Crippen molar-refractivity contribution in [3.8, 4) is 22.9 Å². The first-order chi connectivity index (χ1) is 21.2. The van der Waals surface area contributed by atoms with Crippen LogP contribution in [-0.2, 0) is 0 Å². The smallest absolute Gasteiger partial charge is 0.188 e. The molecule has 5 heteroatoms. The van der Waals surface area contributed by atoms with Crippen LogP contribution in [0, 0.1) is 17.9 Å². The minimum atomic E-state index is 0.577. The van der Waals surface area contributed by atoms with E-state index in [1.54, 1.807) is 6.07 Å². The van der Waals surface area contributed by atoms with E-state index in [0.717, 1.165) is 82.5 Å². The quantitative estimate of drug-likeness (QED) is 0.202. The summed E-state index contributed by atoms with van der Waals surface area (Å²) in [5.74, 6) is 0. The second-order valence-electron chi connectivity index (χ2n) is 10.7. The molecule has 5 nitrogen and oxygen atoms in total. The molecule has 0 radical (unpaired) electrons. The van der Waals surface area contributed by atoms with Crippen LogP contribution in [0.3, 0.4) is 0 Å². The molecule has 0 spiro atoms. The molecule has 0 amide bonds. The third-order valence-corrected chi connectivity index (χ3v) is 8.44. The molecule has 0 saturated heterocycles. The Balaban J connectivity index is 1.35. The van der Waals surface area contributed by atoms with Crippen LogP contribution in [0.1, 0.15) is 5.56 Å². The Morgan fingerprint density at radius 1 is 0.628 bits per heavy atom. The van der Waals surface area contributed by atoms with Crippen LogP contribution in [0.4, 0.5) is 5.69 Å². The summed E-state index contributed by atoms with van der Waals surface area (Å²) in [7, 11) is 0. The molecule has 0 aliphatic heterocycles. The summed E-state index contributed by atoms with van der Waals surface area (Å²) in [5, 5.41) is 15.9. The van der Waals surface area contributed by atoms with Gasteiger partial charge in [0.15, 0.2) is 5.69 Å². The van der Waals surface area contributed by atoms with Crippen molar-refractivity contribution >= 4 is 71.4 Å². The van der Waals surface area contributed by atoms with Gasteiger partial charge >= 0.3 is 0 Å². The Morgan fingerprint density at radius 2 is 1.35 bits per heavy atom. The normalized spacial score (nSPS) is 11.7. The first kappa shape index (κ1) is 23.4. The van der Waals surface area contributed by atoms with Gasteiger partial charge < -0.3 is 13.4 Å². The zero-order valence-electron chi connectivity index (χ0n) is 22.6. The largest absolute Gasteiger partial charge is 0.456 e. The van der Waals surface area contributed by atoms with E-state index in [9.17, 15) is 5.26 Å². The van der Waals surface area contributed by atoms with Crippen molar-refractivity contribution in [2.75, 3.05) is 0 Å². The fourth-order valence-electron chi connectivity index (χ4n) is 6.53. The Bertz CT molecular complexity index is 2650. The van der Waals surface area contributed by atoms with Crippen molar-refractivity contribution in [1.82, 2.24) is 4.57 Å². The number of nitriles is 1. The van der Waals surface area contributed by atoms with Gasteiger partial charge in [-0.05, 0) is 66.2 Å². The first-order valence-corrected chi connectivity index (χ1v) is 13.9. The number of benzene rings is 6. The maximum absolute atomic E-state index is 9.87. The number of nitrogens with zero attached hydrogens (tertiary/aromatic N) is 3. The van der Waals surface area contributed by atoms with Gasteiger partial charge in [-0.1, -0.05) is 54.6 Å². The molecule has 198 valence electrons. The molecule has 0 unspecified atom stereocenters. The summed E-state index contributed by atoms with van der Waals surface area (Å²) in [6.45, 7) is 7.44. The zero-order valence-corrected chi connectivity index (χ0v) is 22.6. The summed E-state index contributed by atoms with van der Waals surface area (Å²) >= 11 is 0. The Morgan fingerprint density at radius 3 is 2.12 bits per heavy atom. The van der Waals surface area contributed by atoms with Gasteiger partial charge in [0.05, 0.1) is 40.3 Å². The second-order valence-corrected chi connectivity index (χ2v) is 10.7. The van der Waals surface area contributed by atoms with Gasteiger partial charge in [-0.2, -0.15) is 5.26 Å². The highest BCUT2D eigenvalue weighted by Crippen LogP contribution is 2.42. The van der Waals surface area contributed by atoms with Crippen LogP contribution in [0.25, 0.3) is 87.3 Å². The maximum atomic E-state index is 9.87. The Labute approximate surface area is 244 Å². The van der Waals surface area contributed by atoms with Crippen molar-refractivity contribution in [2.24, 2.45) is 0 Å². The van der Waals surface area contributed by atoms with Crippen LogP contribution < -0.4 is 0 Å². The van der Waals surface area contributed by atoms with Gasteiger partial charge in [-0.3, -0.25) is 0 Å². The van der Waals surface area contributed by atoms with E-state index in [1.807, 2.05) is 48.5 Å². The lowest BCUT2D eigenvalue weighted by Gasteiger charge is -2.15. The van der Waals surface area contributed by atoms with E-state index >= 15 is 0 Å². The summed E-state index contributed by atoms with van der Waals surface area (Å²) in [4.78, 5) is 3.60. The first-order valence-electron chi connectivity index (χ1n) is 13.9. The highest BCUT2D eigenvalue weighted by Gasteiger charge is 2.19. The van der Waals surface area contributed by atoms with E-state index in [2.05, 4.69) is 76.1 Å². The monoisotopic (exact) mass is 549 g/mol. The summed E-state index contributed by atoms with van der Waals surface area (Å²) in [6, 6.07) is 40.7. The van der Waals surface area contributed by atoms with E-state index < -0.39 is 0 Å². The lowest BCUT2D eigenvalue weighted by molar-refractivity contribution is 0.663. The van der Waals surface area contributed by atoms with Gasteiger partial charge in [0.25, 0.3) is 0 Å². The van der Waals surface area contributed by atoms with E-state index in [0.29, 0.717) is 11.3 Å². The molecule has 0 aliphatic rings. The van der Waals surface area contributed by atoms with Crippen LogP contribution in [0.2, 0.25) is 0 Å². The van der Waals surface area contributed by atoms with E-state index in [-0.39, 0.29) is 0 Å². The molecular weight excluding hydrogens is 530 g/mol. The van der Waals surface area contributed by atoms with Gasteiger partial charge in [0.1, 0.15) is 22.3 Å². The number of hydrogen-bond donors (Lipinski definition) is 0. The molecule has 0 atom stereocenters. The molecule has 0 saturated carbocycles. The number of para-hydroxylation sites is 2. The van der Waals surface area contributed by atoms with E-state index in [4.69, 9.17) is 15.4 Å². The fourth-order valence-corrected chi connectivity index (χ4v) is 6.53. The van der Waals surface area contributed by atoms with Crippen molar-refractivity contribution < 1.29 is 8.83 Å². The number of rotatable bonds is 2. The summed E-state index contributed by atoms with van der Waals surface area (Å²) in [5.41, 5.74) is 9.26. The van der Waals surface area contributed by atoms with Crippen molar-refractivity contribution in [1.29, 1.82) is 5.26 Å². The summed E-state index contributed by atoms with van der Waals surface area (Å²) in [6.07, 6.45) is 0. The minimum absolute atomic E-state index is 0.577. The number of aromatic nitrogens is 1. The van der Waals surface area contributed by atoms with Crippen molar-refractivity contribution in [3.05, 3.63) is 132 Å². The van der Waals surface area contributed by atoms with Gasteiger partial charge in [0, 0.05) is 32.5 Å². The average Bonchev–Trinajstić information content (AvgIpc) is 3.73. The molecule has 0 bridgehead atoms. The topological polar surface area (TPSA) is 59.4 Å². The Hall–Kier alpha value is -6.30. The van der Waals surface area contributed by atoms with Gasteiger partial charge in [-0.25, -0.2) is 4.85 Å². The number of fused-ring (bicyclic) bond motifs is 10. The van der Waals surface area contributed by atoms with Crippen LogP contribution >= 0.6 is 0 Å². The molecule has 9 rings (SSSR count). The molecule has 3 aromatic heterocycles. The van der Waals surface area contributed by atoms with Gasteiger partial charge in [-0.15, -0.1) is 0 Å². The fraction of sp³-hybridized carbons (Fsp3) is 0. The molecular formula is C38H19N3O2. The van der Waals surface area contributed by atoms with Crippen LogP contribution in [0.5, 0.6) is 0 Å². The van der Waals surface area contributed by atoms with Crippen LogP contribution in [0.15, 0.2) is 124 Å². The maximum Gasteiger partial charge on any atom is 0.188 e. The average molecular weight is 550 g/mol. The van der Waals surface area contributed by atoms with Crippen molar-refractivity contribution in [3.63, 3.8) is 0 Å². The predicted molar refractivity (Wildman–Crippen MR) is 172 cm³/mol. The molecule has 0 fully saturated rings. The minimum Gasteiger partial charge on any atom is -0.456 e. The van der Waals surface area contributed by atoms with Crippen molar-refractivity contribution in [2.45, 2.75) is 0 Å².